The predicted molar refractivity (Wildman–Crippen MR) is 85.2 cm³/mol. The third kappa shape index (κ3) is 3.23. The number of carbonyl (C=O) groups is 2. The molecule has 1 heterocycles. The third-order valence-corrected chi connectivity index (χ3v) is 5.13. The van der Waals surface area contributed by atoms with Crippen LogP contribution in [0.4, 0.5) is 0 Å². The van der Waals surface area contributed by atoms with Crippen molar-refractivity contribution in [3.63, 3.8) is 0 Å². The van der Waals surface area contributed by atoms with Gasteiger partial charge in [-0.2, -0.15) is 0 Å². The molecule has 114 valence electrons. The predicted octanol–water partition coefficient (Wildman–Crippen LogP) is 2.30. The second kappa shape index (κ2) is 6.98. The van der Waals surface area contributed by atoms with E-state index in [1.165, 1.54) is 4.90 Å². The van der Waals surface area contributed by atoms with Crippen molar-refractivity contribution in [2.24, 2.45) is 0 Å². The first-order valence-electron chi connectivity index (χ1n) is 7.40. The Morgan fingerprint density at radius 2 is 1.86 bits per heavy atom. The van der Waals surface area contributed by atoms with E-state index in [-0.39, 0.29) is 18.4 Å². The van der Waals surface area contributed by atoms with E-state index in [0.29, 0.717) is 19.4 Å². The number of nitrogens with zero attached hydrogens (tertiary/aromatic N) is 1. The van der Waals surface area contributed by atoms with E-state index in [1.54, 1.807) is 16.7 Å². The molecule has 0 spiro atoms. The molecule has 0 bridgehead atoms. The molecule has 0 saturated carbocycles. The normalized spacial score (nSPS) is 17.7. The summed E-state index contributed by atoms with van der Waals surface area (Å²) >= 11 is 1.71. The third-order valence-electron chi connectivity index (χ3n) is 4.14. The first-order valence-corrected chi connectivity index (χ1v) is 8.39. The number of carbonyl (C=O) groups excluding carboxylic acids is 2. The molecule has 1 aromatic rings. The minimum absolute atomic E-state index is 0.0168. The molecule has 0 radical (unpaired) electrons. The zero-order valence-electron chi connectivity index (χ0n) is 12.6. The van der Waals surface area contributed by atoms with E-state index in [4.69, 9.17) is 0 Å². The summed E-state index contributed by atoms with van der Waals surface area (Å²) in [5, 5.41) is 2.73. The standard InChI is InChI=1S/C16H22N2O2S/c1-3-16(4-2)15(20)17-12-14(19)18(16)10-11-21-13-8-6-5-7-9-13/h5-9H,3-4,10-12H2,1-2H3,(H,17,20). The van der Waals surface area contributed by atoms with E-state index >= 15 is 0 Å². The number of benzene rings is 1. The Morgan fingerprint density at radius 3 is 2.48 bits per heavy atom. The van der Waals surface area contributed by atoms with Crippen LogP contribution >= 0.6 is 11.8 Å². The number of hydrogen-bond acceptors (Lipinski definition) is 3. The molecule has 1 fully saturated rings. The fraction of sp³-hybridized carbons (Fsp3) is 0.500. The van der Waals surface area contributed by atoms with Crippen molar-refractivity contribution in [1.29, 1.82) is 0 Å². The van der Waals surface area contributed by atoms with Crippen LogP contribution in [0, 0.1) is 0 Å². The summed E-state index contributed by atoms with van der Waals surface area (Å²) in [6, 6.07) is 10.1. The summed E-state index contributed by atoms with van der Waals surface area (Å²) in [6.45, 7) is 4.67. The average Bonchev–Trinajstić information content (AvgIpc) is 2.52. The molecule has 5 heteroatoms. The summed E-state index contributed by atoms with van der Waals surface area (Å²) in [6.07, 6.45) is 1.30. The minimum Gasteiger partial charge on any atom is -0.345 e. The van der Waals surface area contributed by atoms with E-state index in [9.17, 15) is 9.59 Å². The van der Waals surface area contributed by atoms with Gasteiger partial charge in [-0.1, -0.05) is 32.0 Å². The highest BCUT2D eigenvalue weighted by molar-refractivity contribution is 7.99. The van der Waals surface area contributed by atoms with Gasteiger partial charge in [0.05, 0.1) is 6.54 Å². The largest absolute Gasteiger partial charge is 0.345 e. The van der Waals surface area contributed by atoms with Crippen LogP contribution in [-0.2, 0) is 9.59 Å². The number of hydrogen-bond donors (Lipinski definition) is 1. The van der Waals surface area contributed by atoms with Crippen LogP contribution in [0.5, 0.6) is 0 Å². The Kier molecular flexibility index (Phi) is 5.28. The van der Waals surface area contributed by atoms with Gasteiger partial charge in [0, 0.05) is 17.2 Å². The summed E-state index contributed by atoms with van der Waals surface area (Å²) < 4.78 is 0. The van der Waals surface area contributed by atoms with Crippen LogP contribution in [0.3, 0.4) is 0 Å². The van der Waals surface area contributed by atoms with Crippen molar-refractivity contribution in [1.82, 2.24) is 10.2 Å². The van der Waals surface area contributed by atoms with Crippen molar-refractivity contribution < 1.29 is 9.59 Å². The first kappa shape index (κ1) is 15.9. The zero-order valence-corrected chi connectivity index (χ0v) is 13.4. The molecule has 1 aromatic carbocycles. The number of rotatable bonds is 6. The van der Waals surface area contributed by atoms with Crippen LogP contribution < -0.4 is 5.32 Å². The van der Waals surface area contributed by atoms with Gasteiger partial charge in [-0.3, -0.25) is 9.59 Å². The van der Waals surface area contributed by atoms with Crippen molar-refractivity contribution in [3.8, 4) is 0 Å². The molecule has 2 rings (SSSR count). The maximum Gasteiger partial charge on any atom is 0.246 e. The van der Waals surface area contributed by atoms with Gasteiger partial charge in [-0.25, -0.2) is 0 Å². The molecule has 0 aromatic heterocycles. The highest BCUT2D eigenvalue weighted by Gasteiger charge is 2.46. The molecule has 1 saturated heterocycles. The van der Waals surface area contributed by atoms with E-state index in [0.717, 1.165) is 5.75 Å². The number of piperazine rings is 1. The summed E-state index contributed by atoms with van der Waals surface area (Å²) in [5.74, 6) is 0.800. The van der Waals surface area contributed by atoms with Gasteiger partial charge < -0.3 is 10.2 Å². The number of nitrogens with one attached hydrogen (secondary N) is 1. The van der Waals surface area contributed by atoms with Crippen LogP contribution in [0.2, 0.25) is 0 Å². The van der Waals surface area contributed by atoms with Gasteiger partial charge in [0.25, 0.3) is 0 Å². The van der Waals surface area contributed by atoms with Crippen LogP contribution in [0.25, 0.3) is 0 Å². The Hall–Kier alpha value is -1.49. The van der Waals surface area contributed by atoms with Crippen molar-refractivity contribution in [2.45, 2.75) is 37.1 Å². The minimum atomic E-state index is -0.674. The molecule has 0 aliphatic carbocycles. The molecule has 2 amide bonds. The Morgan fingerprint density at radius 1 is 1.19 bits per heavy atom. The van der Waals surface area contributed by atoms with E-state index in [1.807, 2.05) is 32.0 Å². The zero-order chi connectivity index (χ0) is 15.3. The van der Waals surface area contributed by atoms with Crippen molar-refractivity contribution in [2.75, 3.05) is 18.8 Å². The van der Waals surface area contributed by atoms with E-state index in [2.05, 4.69) is 17.4 Å². The maximum absolute atomic E-state index is 12.3. The molecule has 4 nitrogen and oxygen atoms in total. The van der Waals surface area contributed by atoms with Gasteiger partial charge in [-0.05, 0) is 25.0 Å². The summed E-state index contributed by atoms with van der Waals surface area (Å²) in [7, 11) is 0. The van der Waals surface area contributed by atoms with Crippen LogP contribution in [0.15, 0.2) is 35.2 Å². The fourth-order valence-electron chi connectivity index (χ4n) is 2.84. The highest BCUT2D eigenvalue weighted by atomic mass is 32.2. The smallest absolute Gasteiger partial charge is 0.246 e. The van der Waals surface area contributed by atoms with E-state index < -0.39 is 5.54 Å². The summed E-state index contributed by atoms with van der Waals surface area (Å²) in [4.78, 5) is 27.4. The van der Waals surface area contributed by atoms with Crippen LogP contribution in [-0.4, -0.2) is 41.1 Å². The monoisotopic (exact) mass is 306 g/mol. The Bertz CT molecular complexity index is 500. The molecule has 1 N–H and O–H groups in total. The number of thioether (sulfide) groups is 1. The highest BCUT2D eigenvalue weighted by Crippen LogP contribution is 2.28. The second-order valence-electron chi connectivity index (χ2n) is 5.13. The molecule has 0 atom stereocenters. The van der Waals surface area contributed by atoms with Gasteiger partial charge in [0.2, 0.25) is 11.8 Å². The topological polar surface area (TPSA) is 49.4 Å². The van der Waals surface area contributed by atoms with Gasteiger partial charge in [0.15, 0.2) is 0 Å². The second-order valence-corrected chi connectivity index (χ2v) is 6.30. The van der Waals surface area contributed by atoms with Gasteiger partial charge in [0.1, 0.15) is 5.54 Å². The lowest BCUT2D eigenvalue weighted by Crippen LogP contribution is -2.67. The molecule has 21 heavy (non-hydrogen) atoms. The SMILES string of the molecule is CCC1(CC)C(=O)NCC(=O)N1CCSc1ccccc1. The lowest BCUT2D eigenvalue weighted by Gasteiger charge is -2.45. The van der Waals surface area contributed by atoms with Crippen molar-refractivity contribution in [3.05, 3.63) is 30.3 Å². The maximum atomic E-state index is 12.3. The molecular weight excluding hydrogens is 284 g/mol. The summed E-state index contributed by atoms with van der Waals surface area (Å²) in [5.41, 5.74) is -0.674. The first-order chi connectivity index (χ1) is 10.1. The lowest BCUT2D eigenvalue weighted by atomic mass is 9.87. The van der Waals surface area contributed by atoms with Gasteiger partial charge in [-0.15, -0.1) is 11.8 Å². The average molecular weight is 306 g/mol. The fourth-order valence-corrected chi connectivity index (χ4v) is 3.70. The van der Waals surface area contributed by atoms with Crippen LogP contribution in [0.1, 0.15) is 26.7 Å². The Labute approximate surface area is 130 Å². The Balaban J connectivity index is 2.04. The molecule has 1 aliphatic heterocycles. The molecule has 1 aliphatic rings. The van der Waals surface area contributed by atoms with Crippen molar-refractivity contribution >= 4 is 23.6 Å². The number of amides is 2. The lowest BCUT2D eigenvalue weighted by molar-refractivity contribution is -0.154. The molecular formula is C16H22N2O2S. The van der Waals surface area contributed by atoms with Gasteiger partial charge >= 0.3 is 0 Å². The quantitative estimate of drug-likeness (QED) is 0.821. The molecule has 0 unspecified atom stereocenters.